The Labute approximate surface area is 134 Å². The zero-order valence-corrected chi connectivity index (χ0v) is 13.5. The number of amides is 2. The van der Waals surface area contributed by atoms with E-state index >= 15 is 0 Å². The van der Waals surface area contributed by atoms with Gasteiger partial charge in [0.15, 0.2) is 0 Å². The number of rotatable bonds is 6. The molecule has 0 radical (unpaired) electrons. The van der Waals surface area contributed by atoms with Crippen LogP contribution in [0.1, 0.15) is 5.56 Å². The molecule has 0 bridgehead atoms. The minimum absolute atomic E-state index is 0.123. The topological polar surface area (TPSA) is 66.3 Å². The van der Waals surface area contributed by atoms with Crippen molar-refractivity contribution in [1.29, 1.82) is 0 Å². The number of benzene rings is 1. The SMILES string of the molecule is CN(CCNC(=O)N(C)C)Cc1ccc(-n2cncn2)c(F)c1. The second kappa shape index (κ2) is 7.68. The Bertz CT molecular complexity index is 643. The van der Waals surface area contributed by atoms with Gasteiger partial charge in [-0.2, -0.15) is 5.10 Å². The van der Waals surface area contributed by atoms with Crippen molar-refractivity contribution in [2.24, 2.45) is 0 Å². The van der Waals surface area contributed by atoms with E-state index in [1.54, 1.807) is 20.2 Å². The summed E-state index contributed by atoms with van der Waals surface area (Å²) in [6.07, 6.45) is 2.82. The van der Waals surface area contributed by atoms with E-state index in [2.05, 4.69) is 15.4 Å². The van der Waals surface area contributed by atoms with Crippen LogP contribution in [0.5, 0.6) is 0 Å². The van der Waals surface area contributed by atoms with Gasteiger partial charge in [0.05, 0.1) is 0 Å². The molecule has 0 aliphatic carbocycles. The molecule has 0 fully saturated rings. The Morgan fingerprint density at radius 3 is 2.74 bits per heavy atom. The lowest BCUT2D eigenvalue weighted by molar-refractivity contribution is 0.215. The lowest BCUT2D eigenvalue weighted by atomic mass is 10.2. The predicted molar refractivity (Wildman–Crippen MR) is 84.7 cm³/mol. The second-order valence-corrected chi connectivity index (χ2v) is 5.49. The van der Waals surface area contributed by atoms with Crippen LogP contribution in [-0.4, -0.2) is 64.8 Å². The first-order valence-electron chi connectivity index (χ1n) is 7.24. The van der Waals surface area contributed by atoms with Crippen molar-refractivity contribution in [1.82, 2.24) is 29.9 Å². The van der Waals surface area contributed by atoms with Gasteiger partial charge in [-0.15, -0.1) is 0 Å². The largest absolute Gasteiger partial charge is 0.337 e. The van der Waals surface area contributed by atoms with Crippen molar-refractivity contribution >= 4 is 6.03 Å². The number of carbonyl (C=O) groups is 1. The second-order valence-electron chi connectivity index (χ2n) is 5.49. The van der Waals surface area contributed by atoms with E-state index in [0.717, 1.165) is 5.56 Å². The van der Waals surface area contributed by atoms with Crippen molar-refractivity contribution in [3.63, 3.8) is 0 Å². The first-order chi connectivity index (χ1) is 11.0. The summed E-state index contributed by atoms with van der Waals surface area (Å²) in [5, 5.41) is 6.71. The normalized spacial score (nSPS) is 10.8. The van der Waals surface area contributed by atoms with Crippen LogP contribution in [0.25, 0.3) is 5.69 Å². The molecule has 23 heavy (non-hydrogen) atoms. The molecular formula is C15H21FN6O. The van der Waals surface area contributed by atoms with E-state index in [1.807, 2.05) is 18.0 Å². The Hall–Kier alpha value is -2.48. The van der Waals surface area contributed by atoms with E-state index in [9.17, 15) is 9.18 Å². The molecule has 0 saturated heterocycles. The fourth-order valence-electron chi connectivity index (χ4n) is 2.07. The van der Waals surface area contributed by atoms with Crippen LogP contribution in [0, 0.1) is 5.82 Å². The molecule has 1 N–H and O–H groups in total. The lowest BCUT2D eigenvalue weighted by Crippen LogP contribution is -2.38. The third kappa shape index (κ3) is 4.75. The zero-order valence-electron chi connectivity index (χ0n) is 13.5. The molecule has 7 nitrogen and oxygen atoms in total. The number of urea groups is 1. The Kier molecular flexibility index (Phi) is 5.64. The molecule has 1 aromatic carbocycles. The molecule has 0 unspecified atom stereocenters. The van der Waals surface area contributed by atoms with Gasteiger partial charge >= 0.3 is 6.03 Å². The molecule has 0 spiro atoms. The van der Waals surface area contributed by atoms with Crippen LogP contribution in [0.3, 0.4) is 0 Å². The highest BCUT2D eigenvalue weighted by atomic mass is 19.1. The monoisotopic (exact) mass is 320 g/mol. The molecule has 0 atom stereocenters. The first-order valence-corrected chi connectivity index (χ1v) is 7.24. The molecule has 0 saturated carbocycles. The number of likely N-dealkylation sites (N-methyl/N-ethyl adjacent to an activating group) is 1. The third-order valence-corrected chi connectivity index (χ3v) is 3.31. The zero-order chi connectivity index (χ0) is 16.8. The number of hydrogen-bond acceptors (Lipinski definition) is 4. The molecule has 8 heteroatoms. The Morgan fingerprint density at radius 1 is 1.35 bits per heavy atom. The van der Waals surface area contributed by atoms with Gasteiger partial charge in [-0.05, 0) is 24.7 Å². The average Bonchev–Trinajstić information content (AvgIpc) is 3.01. The predicted octanol–water partition coefficient (Wildman–Crippen LogP) is 1.11. The quantitative estimate of drug-likeness (QED) is 0.866. The average molecular weight is 320 g/mol. The highest BCUT2D eigenvalue weighted by molar-refractivity contribution is 5.73. The van der Waals surface area contributed by atoms with Gasteiger partial charge in [0.2, 0.25) is 0 Å². The fraction of sp³-hybridized carbons (Fsp3) is 0.400. The fourth-order valence-corrected chi connectivity index (χ4v) is 2.07. The van der Waals surface area contributed by atoms with Crippen LogP contribution >= 0.6 is 0 Å². The third-order valence-electron chi connectivity index (χ3n) is 3.31. The minimum Gasteiger partial charge on any atom is -0.337 e. The maximum absolute atomic E-state index is 14.1. The standard InChI is InChI=1S/C15H21FN6O/c1-20(2)15(23)18-6-7-21(3)9-12-4-5-14(13(16)8-12)22-11-17-10-19-22/h4-5,8,10-11H,6-7,9H2,1-3H3,(H,18,23). The van der Waals surface area contributed by atoms with Gasteiger partial charge in [-0.1, -0.05) is 6.07 Å². The van der Waals surface area contributed by atoms with Crippen LogP contribution in [0.4, 0.5) is 9.18 Å². The Morgan fingerprint density at radius 2 is 2.13 bits per heavy atom. The summed E-state index contributed by atoms with van der Waals surface area (Å²) in [6.45, 7) is 1.80. The number of hydrogen-bond donors (Lipinski definition) is 1. The molecule has 1 aromatic heterocycles. The molecule has 2 aromatic rings. The maximum Gasteiger partial charge on any atom is 0.316 e. The number of nitrogens with one attached hydrogen (secondary N) is 1. The number of halogens is 1. The minimum atomic E-state index is -0.345. The maximum atomic E-state index is 14.1. The van der Waals surface area contributed by atoms with Crippen molar-refractivity contribution < 1.29 is 9.18 Å². The molecule has 124 valence electrons. The highest BCUT2D eigenvalue weighted by Gasteiger charge is 2.08. The van der Waals surface area contributed by atoms with E-state index in [0.29, 0.717) is 25.3 Å². The number of nitrogens with zero attached hydrogens (tertiary/aromatic N) is 5. The molecule has 0 aliphatic rings. The summed E-state index contributed by atoms with van der Waals surface area (Å²) in [4.78, 5) is 18.7. The van der Waals surface area contributed by atoms with Gasteiger partial charge in [0.1, 0.15) is 24.2 Å². The van der Waals surface area contributed by atoms with Crippen LogP contribution in [0.2, 0.25) is 0 Å². The van der Waals surface area contributed by atoms with Crippen molar-refractivity contribution in [3.05, 3.63) is 42.2 Å². The molecule has 0 aliphatic heterocycles. The molecule has 2 rings (SSSR count). The summed E-state index contributed by atoms with van der Waals surface area (Å²) in [5.41, 5.74) is 1.22. The smallest absolute Gasteiger partial charge is 0.316 e. The van der Waals surface area contributed by atoms with Crippen molar-refractivity contribution in [2.75, 3.05) is 34.2 Å². The van der Waals surface area contributed by atoms with E-state index in [1.165, 1.54) is 28.3 Å². The summed E-state index contributed by atoms with van der Waals surface area (Å²) < 4.78 is 15.5. The molecule has 1 heterocycles. The van der Waals surface area contributed by atoms with Gasteiger partial charge in [0, 0.05) is 33.7 Å². The van der Waals surface area contributed by atoms with Crippen LogP contribution < -0.4 is 5.32 Å². The summed E-state index contributed by atoms with van der Waals surface area (Å²) in [5.74, 6) is -0.345. The van der Waals surface area contributed by atoms with E-state index in [4.69, 9.17) is 0 Å². The highest BCUT2D eigenvalue weighted by Crippen LogP contribution is 2.14. The summed E-state index contributed by atoms with van der Waals surface area (Å²) in [7, 11) is 5.31. The van der Waals surface area contributed by atoms with Gasteiger partial charge in [-0.25, -0.2) is 18.9 Å². The molecule has 2 amide bonds. The van der Waals surface area contributed by atoms with Crippen molar-refractivity contribution in [3.8, 4) is 5.69 Å². The number of aromatic nitrogens is 3. The summed E-state index contributed by atoms with van der Waals surface area (Å²) >= 11 is 0. The van der Waals surface area contributed by atoms with Crippen LogP contribution in [-0.2, 0) is 6.54 Å². The van der Waals surface area contributed by atoms with Crippen molar-refractivity contribution in [2.45, 2.75) is 6.54 Å². The molecular weight excluding hydrogens is 299 g/mol. The number of carbonyl (C=O) groups excluding carboxylic acids is 1. The van der Waals surface area contributed by atoms with E-state index < -0.39 is 0 Å². The van der Waals surface area contributed by atoms with E-state index in [-0.39, 0.29) is 11.8 Å². The summed E-state index contributed by atoms with van der Waals surface area (Å²) in [6, 6.07) is 4.91. The van der Waals surface area contributed by atoms with Gasteiger partial charge < -0.3 is 15.1 Å². The van der Waals surface area contributed by atoms with Gasteiger partial charge in [-0.3, -0.25) is 0 Å². The van der Waals surface area contributed by atoms with Crippen LogP contribution in [0.15, 0.2) is 30.9 Å². The Balaban J connectivity index is 1.88. The van der Waals surface area contributed by atoms with Gasteiger partial charge in [0.25, 0.3) is 0 Å². The first kappa shape index (κ1) is 16.9. The lowest BCUT2D eigenvalue weighted by Gasteiger charge is -2.18.